The standard InChI is InChI=1S/C10H20N6O2/c1-2-7-18-10-14-8(12-5-3-4-6-17)13-9(15-10)16-11/h17H,2-7,11H2,1H3,(H2,12,13,14,15,16). The number of ether oxygens (including phenoxy) is 1. The van der Waals surface area contributed by atoms with Crippen LogP contribution < -0.4 is 21.3 Å². The molecular formula is C10H20N6O2. The van der Waals surface area contributed by atoms with Gasteiger partial charge in [-0.1, -0.05) is 6.92 Å². The second-order valence-corrected chi connectivity index (χ2v) is 3.62. The van der Waals surface area contributed by atoms with Crippen molar-refractivity contribution in [3.8, 4) is 6.01 Å². The molecule has 1 rings (SSSR count). The lowest BCUT2D eigenvalue weighted by Crippen LogP contribution is -2.15. The Hall–Kier alpha value is -1.67. The summed E-state index contributed by atoms with van der Waals surface area (Å²) in [5, 5.41) is 11.7. The summed E-state index contributed by atoms with van der Waals surface area (Å²) < 4.78 is 5.33. The minimum absolute atomic E-state index is 0.180. The molecule has 0 aliphatic rings. The lowest BCUT2D eigenvalue weighted by atomic mass is 10.3. The molecule has 0 unspecified atom stereocenters. The monoisotopic (exact) mass is 256 g/mol. The molecule has 0 atom stereocenters. The van der Waals surface area contributed by atoms with E-state index in [1.165, 1.54) is 0 Å². The molecule has 0 aliphatic carbocycles. The van der Waals surface area contributed by atoms with Crippen molar-refractivity contribution in [3.63, 3.8) is 0 Å². The van der Waals surface area contributed by atoms with Gasteiger partial charge in [-0.3, -0.25) is 5.43 Å². The fourth-order valence-corrected chi connectivity index (χ4v) is 1.20. The first-order valence-corrected chi connectivity index (χ1v) is 6.00. The maximum Gasteiger partial charge on any atom is 0.323 e. The molecule has 18 heavy (non-hydrogen) atoms. The summed E-state index contributed by atoms with van der Waals surface area (Å²) in [5.41, 5.74) is 2.36. The zero-order valence-corrected chi connectivity index (χ0v) is 10.5. The Kier molecular flexibility index (Phi) is 6.74. The highest BCUT2D eigenvalue weighted by Crippen LogP contribution is 2.10. The molecule has 0 aliphatic heterocycles. The summed E-state index contributed by atoms with van der Waals surface area (Å²) in [7, 11) is 0. The number of aliphatic hydroxyl groups is 1. The SMILES string of the molecule is CCCOc1nc(NN)nc(NCCCCO)n1. The smallest absolute Gasteiger partial charge is 0.323 e. The van der Waals surface area contributed by atoms with Crippen molar-refractivity contribution in [2.45, 2.75) is 26.2 Å². The van der Waals surface area contributed by atoms with E-state index in [9.17, 15) is 0 Å². The van der Waals surface area contributed by atoms with Crippen molar-refractivity contribution in [1.29, 1.82) is 0 Å². The Morgan fingerprint density at radius 3 is 2.67 bits per heavy atom. The number of aliphatic hydroxyl groups excluding tert-OH is 1. The van der Waals surface area contributed by atoms with Gasteiger partial charge in [0.25, 0.3) is 0 Å². The van der Waals surface area contributed by atoms with E-state index in [1.54, 1.807) is 0 Å². The van der Waals surface area contributed by atoms with E-state index in [0.29, 0.717) is 19.1 Å². The maximum atomic E-state index is 8.67. The zero-order chi connectivity index (χ0) is 13.2. The summed E-state index contributed by atoms with van der Waals surface area (Å²) in [6.45, 7) is 3.39. The van der Waals surface area contributed by atoms with Gasteiger partial charge in [0.1, 0.15) is 0 Å². The zero-order valence-electron chi connectivity index (χ0n) is 10.5. The van der Waals surface area contributed by atoms with Gasteiger partial charge in [-0.25, -0.2) is 5.84 Å². The molecule has 1 heterocycles. The lowest BCUT2D eigenvalue weighted by molar-refractivity contribution is 0.286. The number of rotatable bonds is 9. The predicted octanol–water partition coefficient (Wildman–Crippen LogP) is 0.130. The first-order chi connectivity index (χ1) is 8.80. The van der Waals surface area contributed by atoms with Crippen LogP contribution in [0.4, 0.5) is 11.9 Å². The van der Waals surface area contributed by atoms with E-state index in [1.807, 2.05) is 6.92 Å². The van der Waals surface area contributed by atoms with Gasteiger partial charge in [0.2, 0.25) is 11.9 Å². The summed E-state index contributed by atoms with van der Waals surface area (Å²) in [5.74, 6) is 5.93. The van der Waals surface area contributed by atoms with Gasteiger partial charge in [0.05, 0.1) is 6.61 Å². The van der Waals surface area contributed by atoms with Crippen molar-refractivity contribution >= 4 is 11.9 Å². The number of anilines is 2. The Balaban J connectivity index is 2.58. The quantitative estimate of drug-likeness (QED) is 0.280. The van der Waals surface area contributed by atoms with E-state index >= 15 is 0 Å². The summed E-state index contributed by atoms with van der Waals surface area (Å²) in [6, 6.07) is 0.240. The number of hydrogen-bond donors (Lipinski definition) is 4. The molecule has 1 aromatic heterocycles. The minimum Gasteiger partial charge on any atom is -0.463 e. The van der Waals surface area contributed by atoms with E-state index in [-0.39, 0.29) is 18.6 Å². The minimum atomic E-state index is 0.180. The molecule has 0 saturated heterocycles. The first-order valence-electron chi connectivity index (χ1n) is 6.00. The molecule has 1 aromatic rings. The molecule has 0 bridgehead atoms. The highest BCUT2D eigenvalue weighted by atomic mass is 16.5. The summed E-state index contributed by atoms with van der Waals surface area (Å²) >= 11 is 0. The number of hydrazine groups is 1. The van der Waals surface area contributed by atoms with Gasteiger partial charge in [-0.15, -0.1) is 0 Å². The average molecular weight is 256 g/mol. The van der Waals surface area contributed by atoms with E-state index < -0.39 is 0 Å². The fourth-order valence-electron chi connectivity index (χ4n) is 1.20. The van der Waals surface area contributed by atoms with Gasteiger partial charge in [0, 0.05) is 13.2 Å². The summed E-state index contributed by atoms with van der Waals surface area (Å²) in [4.78, 5) is 12.1. The van der Waals surface area contributed by atoms with Crippen molar-refractivity contribution in [2.75, 3.05) is 30.5 Å². The number of nitrogen functional groups attached to an aromatic ring is 1. The molecule has 5 N–H and O–H groups in total. The largest absolute Gasteiger partial charge is 0.463 e. The van der Waals surface area contributed by atoms with Crippen LogP contribution in [-0.2, 0) is 0 Å². The normalized spacial score (nSPS) is 10.2. The van der Waals surface area contributed by atoms with Crippen LogP contribution in [-0.4, -0.2) is 39.8 Å². The van der Waals surface area contributed by atoms with Crippen LogP contribution in [0.3, 0.4) is 0 Å². The maximum absolute atomic E-state index is 8.67. The molecule has 0 spiro atoms. The number of nitrogens with one attached hydrogen (secondary N) is 2. The molecule has 0 saturated carbocycles. The third kappa shape index (κ3) is 5.11. The second kappa shape index (κ2) is 8.43. The third-order valence-corrected chi connectivity index (χ3v) is 2.05. The Morgan fingerprint density at radius 2 is 2.00 bits per heavy atom. The van der Waals surface area contributed by atoms with Gasteiger partial charge >= 0.3 is 6.01 Å². The number of aromatic nitrogens is 3. The van der Waals surface area contributed by atoms with Gasteiger partial charge in [0.15, 0.2) is 0 Å². The number of nitrogens with zero attached hydrogens (tertiary/aromatic N) is 3. The average Bonchev–Trinajstić information content (AvgIpc) is 2.41. The van der Waals surface area contributed by atoms with Crippen LogP contribution in [0.1, 0.15) is 26.2 Å². The van der Waals surface area contributed by atoms with Crippen LogP contribution in [0.25, 0.3) is 0 Å². The van der Waals surface area contributed by atoms with E-state index in [0.717, 1.165) is 19.3 Å². The van der Waals surface area contributed by atoms with Gasteiger partial charge in [-0.05, 0) is 19.3 Å². The Morgan fingerprint density at radius 1 is 1.22 bits per heavy atom. The van der Waals surface area contributed by atoms with E-state index in [2.05, 4.69) is 25.7 Å². The van der Waals surface area contributed by atoms with Crippen LogP contribution in [0.15, 0.2) is 0 Å². The van der Waals surface area contributed by atoms with Crippen molar-refractivity contribution in [1.82, 2.24) is 15.0 Å². The number of unbranched alkanes of at least 4 members (excludes halogenated alkanes) is 1. The highest BCUT2D eigenvalue weighted by molar-refractivity contribution is 5.34. The molecule has 102 valence electrons. The molecular weight excluding hydrogens is 236 g/mol. The fraction of sp³-hybridized carbons (Fsp3) is 0.700. The first kappa shape index (κ1) is 14.4. The molecule has 8 nitrogen and oxygen atoms in total. The van der Waals surface area contributed by atoms with Crippen molar-refractivity contribution < 1.29 is 9.84 Å². The van der Waals surface area contributed by atoms with Crippen LogP contribution in [0.5, 0.6) is 6.01 Å². The highest BCUT2D eigenvalue weighted by Gasteiger charge is 2.06. The Labute approximate surface area is 106 Å². The molecule has 8 heteroatoms. The second-order valence-electron chi connectivity index (χ2n) is 3.62. The molecule has 0 aromatic carbocycles. The topological polar surface area (TPSA) is 118 Å². The number of nitrogens with two attached hydrogens (primary N) is 1. The Bertz CT molecular complexity index is 349. The molecule has 0 radical (unpaired) electrons. The summed E-state index contributed by atoms with van der Waals surface area (Å²) in [6.07, 6.45) is 2.44. The number of hydrogen-bond acceptors (Lipinski definition) is 8. The van der Waals surface area contributed by atoms with Crippen molar-refractivity contribution in [3.05, 3.63) is 0 Å². The molecule has 0 amide bonds. The molecule has 0 fully saturated rings. The van der Waals surface area contributed by atoms with Gasteiger partial charge < -0.3 is 15.2 Å². The van der Waals surface area contributed by atoms with Crippen LogP contribution >= 0.6 is 0 Å². The van der Waals surface area contributed by atoms with Crippen LogP contribution in [0, 0.1) is 0 Å². The van der Waals surface area contributed by atoms with Crippen molar-refractivity contribution in [2.24, 2.45) is 5.84 Å². The predicted molar refractivity (Wildman–Crippen MR) is 68.2 cm³/mol. The van der Waals surface area contributed by atoms with Gasteiger partial charge in [-0.2, -0.15) is 15.0 Å². The third-order valence-electron chi connectivity index (χ3n) is 2.05. The van der Waals surface area contributed by atoms with Crippen LogP contribution in [0.2, 0.25) is 0 Å². The lowest BCUT2D eigenvalue weighted by Gasteiger charge is -2.08. The van der Waals surface area contributed by atoms with E-state index in [4.69, 9.17) is 15.7 Å².